The number of carbonyl (C=O) groups excluding carboxylic acids is 1. The Kier molecular flexibility index (Phi) is 6.14. The van der Waals surface area contributed by atoms with Gasteiger partial charge in [-0.2, -0.15) is 0 Å². The summed E-state index contributed by atoms with van der Waals surface area (Å²) < 4.78 is 2.56. The van der Waals surface area contributed by atoms with Crippen molar-refractivity contribution < 1.29 is 4.79 Å². The molecule has 0 saturated carbocycles. The highest BCUT2D eigenvalue weighted by molar-refractivity contribution is 6.30. The Morgan fingerprint density at radius 3 is 2.67 bits per heavy atom. The van der Waals surface area contributed by atoms with Crippen molar-refractivity contribution in [3.63, 3.8) is 0 Å². The van der Waals surface area contributed by atoms with E-state index < -0.39 is 0 Å². The molecule has 0 aliphatic carbocycles. The Bertz CT molecular complexity index is 751. The summed E-state index contributed by atoms with van der Waals surface area (Å²) >= 11 is 5.83. The summed E-state index contributed by atoms with van der Waals surface area (Å²) in [7, 11) is 1.61. The second kappa shape index (κ2) is 8.10. The monoisotopic (exact) mass is 351 g/mol. The maximum Gasteiger partial charge on any atom is 0.346 e. The van der Waals surface area contributed by atoms with Crippen molar-refractivity contribution in [1.82, 2.24) is 24.2 Å². The van der Waals surface area contributed by atoms with E-state index in [0.717, 1.165) is 12.8 Å². The molecule has 0 unspecified atom stereocenters. The molecular formula is C16H22ClN5O2. The Labute approximate surface area is 145 Å². The van der Waals surface area contributed by atoms with Crippen molar-refractivity contribution in [2.75, 3.05) is 13.1 Å². The summed E-state index contributed by atoms with van der Waals surface area (Å²) in [5, 5.41) is 4.77. The van der Waals surface area contributed by atoms with E-state index in [1.165, 1.54) is 15.4 Å². The van der Waals surface area contributed by atoms with Crippen molar-refractivity contribution in [2.24, 2.45) is 7.05 Å². The average molecular weight is 352 g/mol. The van der Waals surface area contributed by atoms with Gasteiger partial charge in [0, 0.05) is 26.3 Å². The Balaban J connectivity index is 2.23. The number of pyridine rings is 1. The fraction of sp³-hybridized carbons (Fsp3) is 0.500. The van der Waals surface area contributed by atoms with Crippen LogP contribution in [0.3, 0.4) is 0 Å². The minimum atomic E-state index is -0.346. The number of hydrogen-bond donors (Lipinski definition) is 0. The summed E-state index contributed by atoms with van der Waals surface area (Å²) in [4.78, 5) is 30.6. The van der Waals surface area contributed by atoms with Crippen molar-refractivity contribution in [2.45, 2.75) is 33.2 Å². The molecule has 2 aromatic rings. The first-order valence-electron chi connectivity index (χ1n) is 8.01. The third kappa shape index (κ3) is 4.03. The summed E-state index contributed by atoms with van der Waals surface area (Å²) in [5.41, 5.74) is 0.185. The molecular weight excluding hydrogens is 330 g/mol. The highest BCUT2D eigenvalue weighted by Gasteiger charge is 2.18. The Morgan fingerprint density at radius 1 is 1.33 bits per heavy atom. The van der Waals surface area contributed by atoms with Gasteiger partial charge in [-0.3, -0.25) is 14.3 Å². The zero-order valence-electron chi connectivity index (χ0n) is 14.2. The van der Waals surface area contributed by atoms with Gasteiger partial charge in [-0.05, 0) is 25.5 Å². The Morgan fingerprint density at radius 2 is 2.08 bits per heavy atom. The highest BCUT2D eigenvalue weighted by Crippen LogP contribution is 2.14. The van der Waals surface area contributed by atoms with Gasteiger partial charge < -0.3 is 4.90 Å². The number of nitrogens with zero attached hydrogens (tertiary/aromatic N) is 5. The minimum absolute atomic E-state index is 0.0716. The van der Waals surface area contributed by atoms with Gasteiger partial charge in [0.1, 0.15) is 12.2 Å². The lowest BCUT2D eigenvalue weighted by atomic mass is 10.3. The lowest BCUT2D eigenvalue weighted by Gasteiger charge is -2.20. The fourth-order valence-electron chi connectivity index (χ4n) is 2.36. The second-order valence-electron chi connectivity index (χ2n) is 5.51. The predicted octanol–water partition coefficient (Wildman–Crippen LogP) is 1.95. The smallest absolute Gasteiger partial charge is 0.341 e. The van der Waals surface area contributed by atoms with Gasteiger partial charge in [-0.15, -0.1) is 5.10 Å². The van der Waals surface area contributed by atoms with Gasteiger partial charge >= 0.3 is 5.69 Å². The summed E-state index contributed by atoms with van der Waals surface area (Å²) in [5.74, 6) is 0.294. The second-order valence-corrected chi connectivity index (χ2v) is 5.95. The molecule has 0 radical (unpaired) electrons. The molecule has 0 aromatic carbocycles. The van der Waals surface area contributed by atoms with Gasteiger partial charge in [0.15, 0.2) is 5.82 Å². The van der Waals surface area contributed by atoms with Crippen LogP contribution in [0, 0.1) is 0 Å². The first-order valence-corrected chi connectivity index (χ1v) is 8.39. The molecule has 0 N–H and O–H groups in total. The standard InChI is InChI=1S/C16H22ClN5O2/c1-4-6-9-21(5-2)14(23)11-22-16(24)20(3)15(19-22)13-8-7-12(17)10-18-13/h7-8,10H,4-6,9,11H2,1-3H3. The normalized spacial score (nSPS) is 10.8. The maximum absolute atomic E-state index is 12.4. The molecule has 8 heteroatoms. The lowest BCUT2D eigenvalue weighted by molar-refractivity contribution is -0.132. The van der Waals surface area contributed by atoms with Gasteiger partial charge in [0.25, 0.3) is 0 Å². The average Bonchev–Trinajstić information content (AvgIpc) is 2.85. The number of hydrogen-bond acceptors (Lipinski definition) is 4. The van der Waals surface area contributed by atoms with Gasteiger partial charge in [0.05, 0.1) is 5.02 Å². The van der Waals surface area contributed by atoms with Gasteiger partial charge in [0.2, 0.25) is 5.91 Å². The van der Waals surface area contributed by atoms with Gasteiger partial charge in [-0.1, -0.05) is 24.9 Å². The van der Waals surface area contributed by atoms with E-state index in [9.17, 15) is 9.59 Å². The largest absolute Gasteiger partial charge is 0.346 e. The molecule has 24 heavy (non-hydrogen) atoms. The molecule has 0 atom stereocenters. The molecule has 0 saturated heterocycles. The highest BCUT2D eigenvalue weighted by atomic mass is 35.5. The minimum Gasteiger partial charge on any atom is -0.341 e. The molecule has 0 fully saturated rings. The van der Waals surface area contributed by atoms with Crippen molar-refractivity contribution >= 4 is 17.5 Å². The van der Waals surface area contributed by atoms with Gasteiger partial charge in [-0.25, -0.2) is 9.48 Å². The summed E-state index contributed by atoms with van der Waals surface area (Å²) in [6.07, 6.45) is 3.45. The van der Waals surface area contributed by atoms with Crippen LogP contribution >= 0.6 is 11.6 Å². The van der Waals surface area contributed by atoms with E-state index in [1.54, 1.807) is 24.1 Å². The van der Waals surface area contributed by atoms with Crippen LogP contribution in [0.1, 0.15) is 26.7 Å². The molecule has 7 nitrogen and oxygen atoms in total. The van der Waals surface area contributed by atoms with E-state index >= 15 is 0 Å². The number of rotatable bonds is 7. The number of amides is 1. The SMILES string of the molecule is CCCCN(CC)C(=O)Cn1nc(-c2ccc(Cl)cn2)n(C)c1=O. The summed E-state index contributed by atoms with van der Waals surface area (Å²) in [6, 6.07) is 3.37. The molecule has 0 spiro atoms. The van der Waals surface area contributed by atoms with E-state index in [-0.39, 0.29) is 18.1 Å². The molecule has 130 valence electrons. The summed E-state index contributed by atoms with van der Waals surface area (Å²) in [6.45, 7) is 5.24. The van der Waals surface area contributed by atoms with E-state index in [0.29, 0.717) is 29.6 Å². The van der Waals surface area contributed by atoms with E-state index in [1.807, 2.05) is 6.92 Å². The molecule has 0 aliphatic rings. The lowest BCUT2D eigenvalue weighted by Crippen LogP contribution is -2.37. The third-order valence-electron chi connectivity index (χ3n) is 3.80. The first-order chi connectivity index (χ1) is 11.5. The van der Waals surface area contributed by atoms with E-state index in [4.69, 9.17) is 11.6 Å². The van der Waals surface area contributed by atoms with Crippen LogP contribution in [0.15, 0.2) is 23.1 Å². The van der Waals surface area contributed by atoms with E-state index in [2.05, 4.69) is 17.0 Å². The Hall–Kier alpha value is -2.15. The number of halogens is 1. The molecule has 0 bridgehead atoms. The number of unbranched alkanes of at least 4 members (excludes halogenated alkanes) is 1. The van der Waals surface area contributed by atoms with Crippen LogP contribution in [0.25, 0.3) is 11.5 Å². The van der Waals surface area contributed by atoms with Crippen molar-refractivity contribution in [3.05, 3.63) is 33.8 Å². The molecule has 2 rings (SSSR count). The number of aromatic nitrogens is 4. The predicted molar refractivity (Wildman–Crippen MR) is 92.9 cm³/mol. The van der Waals surface area contributed by atoms with Crippen LogP contribution < -0.4 is 5.69 Å². The molecule has 2 aromatic heterocycles. The number of carbonyl (C=O) groups is 1. The third-order valence-corrected chi connectivity index (χ3v) is 4.02. The molecule has 1 amide bonds. The zero-order chi connectivity index (χ0) is 17.7. The zero-order valence-corrected chi connectivity index (χ0v) is 15.0. The van der Waals surface area contributed by atoms with Crippen molar-refractivity contribution in [1.29, 1.82) is 0 Å². The van der Waals surface area contributed by atoms with Crippen LogP contribution in [-0.2, 0) is 18.4 Å². The van der Waals surface area contributed by atoms with Crippen LogP contribution in [-0.4, -0.2) is 43.2 Å². The van der Waals surface area contributed by atoms with Crippen molar-refractivity contribution in [3.8, 4) is 11.5 Å². The quantitative estimate of drug-likeness (QED) is 0.764. The first kappa shape index (κ1) is 18.2. The molecule has 2 heterocycles. The van der Waals surface area contributed by atoms with Crippen LogP contribution in [0.4, 0.5) is 0 Å². The van der Waals surface area contributed by atoms with Crippen LogP contribution in [0.2, 0.25) is 5.02 Å². The maximum atomic E-state index is 12.4. The van der Waals surface area contributed by atoms with Crippen LogP contribution in [0.5, 0.6) is 0 Å². The fourth-order valence-corrected chi connectivity index (χ4v) is 2.47. The number of likely N-dealkylation sites (N-methyl/N-ethyl adjacent to an activating group) is 1. The topological polar surface area (TPSA) is 73.0 Å². The molecule has 0 aliphatic heterocycles.